The summed E-state index contributed by atoms with van der Waals surface area (Å²) in [5.74, 6) is -1.96. The van der Waals surface area contributed by atoms with Crippen LogP contribution in [0.3, 0.4) is 0 Å². The second-order valence-corrected chi connectivity index (χ2v) is 16.4. The Morgan fingerprint density at radius 2 is 0.685 bits per heavy atom. The first kappa shape index (κ1) is 54.9. The molecule has 0 radical (unpaired) electrons. The van der Waals surface area contributed by atoms with Crippen LogP contribution in [0, 0.1) is 23.7 Å². The lowest BCUT2D eigenvalue weighted by Gasteiger charge is -2.28. The molecule has 0 aromatic heterocycles. The van der Waals surface area contributed by atoms with Crippen LogP contribution in [-0.2, 0) is 19.1 Å². The van der Waals surface area contributed by atoms with Gasteiger partial charge >= 0.3 is 11.9 Å². The van der Waals surface area contributed by atoms with E-state index in [-0.39, 0.29) is 36.1 Å². The van der Waals surface area contributed by atoms with Crippen LogP contribution in [0.5, 0.6) is 0 Å². The van der Waals surface area contributed by atoms with Crippen molar-refractivity contribution in [2.24, 2.45) is 23.7 Å². The number of hydrogen-bond acceptors (Lipinski definition) is 7. The Balaban J connectivity index is 0. The van der Waals surface area contributed by atoms with E-state index >= 15 is 0 Å². The molecule has 0 saturated heterocycles. The summed E-state index contributed by atoms with van der Waals surface area (Å²) < 4.78 is 12.3. The Morgan fingerprint density at radius 1 is 0.389 bits per heavy atom. The second kappa shape index (κ2) is 40.0. The van der Waals surface area contributed by atoms with Crippen molar-refractivity contribution < 1.29 is 34.4 Å². The zero-order valence-electron chi connectivity index (χ0n) is 37.1. The fourth-order valence-electron chi connectivity index (χ4n) is 7.44. The van der Waals surface area contributed by atoms with Crippen molar-refractivity contribution in [1.29, 1.82) is 0 Å². The number of carbonyl (C=O) groups excluding carboxylic acids is 2. The summed E-state index contributed by atoms with van der Waals surface area (Å²) in [7, 11) is 0. The van der Waals surface area contributed by atoms with Crippen molar-refractivity contribution in [3.05, 3.63) is 0 Å². The van der Waals surface area contributed by atoms with E-state index in [0.717, 1.165) is 83.5 Å². The van der Waals surface area contributed by atoms with Crippen LogP contribution in [-0.4, -0.2) is 46.4 Å². The number of esters is 2. The number of carbonyl (C=O) groups is 2. The van der Waals surface area contributed by atoms with E-state index < -0.39 is 5.97 Å². The predicted octanol–water partition coefficient (Wildman–Crippen LogP) is 13.4. The maximum Gasteiger partial charge on any atom is 0.308 e. The Hall–Kier alpha value is -1.18. The van der Waals surface area contributed by atoms with Gasteiger partial charge in [0.1, 0.15) is 0 Å². The Bertz CT molecular complexity index is 741. The van der Waals surface area contributed by atoms with Crippen molar-refractivity contribution in [2.75, 3.05) is 13.2 Å². The van der Waals surface area contributed by atoms with Crippen molar-refractivity contribution in [2.45, 2.75) is 253 Å². The van der Waals surface area contributed by atoms with E-state index in [1.165, 1.54) is 103 Å². The smallest absolute Gasteiger partial charge is 0.308 e. The standard InChI is InChI=1S/C42H82O4.C5H12O3/c1-7-13-17-21-23-27-33-38(31-25-19-15-9-3)41(43)45-35-40(37(29-11-5)30-12-6)36-46-42(44)39(32-26-20-16-10-4)34-28-24-22-18-14-8-2;1-2-3-4-5(6,7)8/h37-40H,7-36H2,1-6H3;6-8H,2-4H2,1H3. The van der Waals surface area contributed by atoms with E-state index in [0.29, 0.717) is 25.6 Å². The summed E-state index contributed by atoms with van der Waals surface area (Å²) >= 11 is 0. The zero-order valence-corrected chi connectivity index (χ0v) is 37.1. The normalized spacial score (nSPS) is 13.3. The van der Waals surface area contributed by atoms with E-state index in [1.54, 1.807) is 0 Å². The Morgan fingerprint density at radius 3 is 0.963 bits per heavy atom. The molecule has 54 heavy (non-hydrogen) atoms. The first-order valence-corrected chi connectivity index (χ1v) is 23.5. The van der Waals surface area contributed by atoms with E-state index in [2.05, 4.69) is 41.5 Å². The molecule has 0 saturated carbocycles. The van der Waals surface area contributed by atoms with Gasteiger partial charge in [-0.15, -0.1) is 0 Å². The molecular formula is C47H94O7. The third-order valence-electron chi connectivity index (χ3n) is 11.0. The van der Waals surface area contributed by atoms with Gasteiger partial charge in [-0.1, -0.05) is 209 Å². The van der Waals surface area contributed by atoms with Crippen LogP contribution in [0.1, 0.15) is 248 Å². The van der Waals surface area contributed by atoms with E-state index in [1.807, 2.05) is 6.92 Å². The molecule has 2 unspecified atom stereocenters. The zero-order chi connectivity index (χ0) is 40.7. The van der Waals surface area contributed by atoms with Gasteiger partial charge in [-0.05, 0) is 38.0 Å². The van der Waals surface area contributed by atoms with Crippen LogP contribution in [0.2, 0.25) is 0 Å². The van der Waals surface area contributed by atoms with Gasteiger partial charge in [0.2, 0.25) is 0 Å². The molecular weight excluding hydrogens is 677 g/mol. The number of unbranched alkanes of at least 4 members (excludes halogenated alkanes) is 17. The average molecular weight is 771 g/mol. The fourth-order valence-corrected chi connectivity index (χ4v) is 7.44. The van der Waals surface area contributed by atoms with Crippen molar-refractivity contribution in [3.8, 4) is 0 Å². The van der Waals surface area contributed by atoms with Crippen LogP contribution >= 0.6 is 0 Å². The molecule has 0 aliphatic carbocycles. The van der Waals surface area contributed by atoms with Gasteiger partial charge in [0.05, 0.1) is 25.0 Å². The largest absolute Gasteiger partial charge is 0.465 e. The highest BCUT2D eigenvalue weighted by atomic mass is 16.7. The maximum absolute atomic E-state index is 13.5. The highest BCUT2D eigenvalue weighted by molar-refractivity contribution is 5.73. The molecule has 0 aromatic rings. The van der Waals surface area contributed by atoms with Gasteiger partial charge in [-0.2, -0.15) is 0 Å². The lowest BCUT2D eigenvalue weighted by Crippen LogP contribution is -2.31. The van der Waals surface area contributed by atoms with Gasteiger partial charge in [-0.25, -0.2) is 0 Å². The number of aliphatic hydroxyl groups is 3. The summed E-state index contributed by atoms with van der Waals surface area (Å²) in [6.07, 6.45) is 34.1. The van der Waals surface area contributed by atoms with Crippen molar-refractivity contribution >= 4 is 11.9 Å². The van der Waals surface area contributed by atoms with Crippen LogP contribution in [0.4, 0.5) is 0 Å². The van der Waals surface area contributed by atoms with Crippen LogP contribution in [0.25, 0.3) is 0 Å². The molecule has 0 aromatic carbocycles. The summed E-state index contributed by atoms with van der Waals surface area (Å²) in [5.41, 5.74) is 0. The first-order valence-electron chi connectivity index (χ1n) is 23.5. The summed E-state index contributed by atoms with van der Waals surface area (Å²) in [6, 6.07) is 0. The highest BCUT2D eigenvalue weighted by Gasteiger charge is 2.28. The third kappa shape index (κ3) is 35.2. The number of hydrogen-bond donors (Lipinski definition) is 3. The lowest BCUT2D eigenvalue weighted by atomic mass is 9.85. The van der Waals surface area contributed by atoms with E-state index in [4.69, 9.17) is 24.8 Å². The molecule has 2 atom stereocenters. The molecule has 0 spiro atoms. The van der Waals surface area contributed by atoms with Crippen LogP contribution in [0.15, 0.2) is 0 Å². The minimum Gasteiger partial charge on any atom is -0.465 e. The highest BCUT2D eigenvalue weighted by Crippen LogP contribution is 2.28. The predicted molar refractivity (Wildman–Crippen MR) is 228 cm³/mol. The topological polar surface area (TPSA) is 113 Å². The molecule has 7 nitrogen and oxygen atoms in total. The molecule has 324 valence electrons. The minimum absolute atomic E-state index is 0.00635. The first-order chi connectivity index (χ1) is 26.0. The summed E-state index contributed by atoms with van der Waals surface area (Å²) in [5, 5.41) is 24.8. The van der Waals surface area contributed by atoms with Gasteiger partial charge in [0.15, 0.2) is 0 Å². The summed E-state index contributed by atoms with van der Waals surface area (Å²) in [6.45, 7) is 16.1. The van der Waals surface area contributed by atoms with Gasteiger partial charge < -0.3 is 24.8 Å². The molecule has 0 aliphatic rings. The second-order valence-electron chi connectivity index (χ2n) is 16.4. The number of rotatable bonds is 38. The molecule has 0 rings (SSSR count). The van der Waals surface area contributed by atoms with Crippen molar-refractivity contribution in [3.63, 3.8) is 0 Å². The monoisotopic (exact) mass is 771 g/mol. The third-order valence-corrected chi connectivity index (χ3v) is 11.0. The molecule has 0 bridgehead atoms. The molecule has 7 heteroatoms. The van der Waals surface area contributed by atoms with Gasteiger partial charge in [-0.3, -0.25) is 9.59 Å². The molecule has 0 amide bonds. The average Bonchev–Trinajstić information content (AvgIpc) is 3.14. The fraction of sp³-hybridized carbons (Fsp3) is 0.957. The van der Waals surface area contributed by atoms with Gasteiger partial charge in [0, 0.05) is 12.3 Å². The number of ether oxygens (including phenoxy) is 2. The summed E-state index contributed by atoms with van der Waals surface area (Å²) in [4.78, 5) is 27.0. The quantitative estimate of drug-likeness (QED) is 0.0325. The molecule has 0 heterocycles. The van der Waals surface area contributed by atoms with E-state index in [9.17, 15) is 9.59 Å². The minimum atomic E-state index is -2.45. The van der Waals surface area contributed by atoms with Crippen molar-refractivity contribution in [1.82, 2.24) is 0 Å². The maximum atomic E-state index is 13.5. The molecule has 3 N–H and O–H groups in total. The lowest BCUT2D eigenvalue weighted by molar-refractivity contribution is -0.314. The molecule has 0 aliphatic heterocycles. The van der Waals surface area contributed by atoms with Crippen LogP contribution < -0.4 is 0 Å². The Kier molecular flexibility index (Phi) is 40.7. The van der Waals surface area contributed by atoms with Gasteiger partial charge in [0.25, 0.3) is 5.97 Å². The Labute approximate surface area is 335 Å². The SMILES string of the molecule is CCCCC(O)(O)O.CCCCCCCCC(CCCCCC)C(=O)OCC(COC(=O)C(CCCCCC)CCCCCCCC)C(CCC)CCC. The molecule has 0 fully saturated rings.